The SMILES string of the molecule is CC1(C)C(Nc2cc(N)nc(-c3ccccc3)n2)C1(C)C. The highest BCUT2D eigenvalue weighted by Gasteiger charge is 2.65. The number of hydrogen-bond donors (Lipinski definition) is 2. The van der Waals surface area contributed by atoms with Gasteiger partial charge in [-0.05, 0) is 10.8 Å². The van der Waals surface area contributed by atoms with Crippen LogP contribution in [-0.2, 0) is 0 Å². The highest BCUT2D eigenvalue weighted by atomic mass is 15.1. The van der Waals surface area contributed by atoms with Gasteiger partial charge >= 0.3 is 0 Å². The quantitative estimate of drug-likeness (QED) is 0.903. The third kappa shape index (κ3) is 2.24. The molecule has 1 aromatic heterocycles. The Morgan fingerprint density at radius 1 is 1.00 bits per heavy atom. The Kier molecular flexibility index (Phi) is 2.94. The molecule has 1 aromatic carbocycles. The van der Waals surface area contributed by atoms with E-state index in [1.165, 1.54) is 0 Å². The summed E-state index contributed by atoms with van der Waals surface area (Å²) in [4.78, 5) is 8.94. The third-order valence-corrected chi connectivity index (χ3v) is 5.09. The first-order chi connectivity index (χ1) is 9.82. The summed E-state index contributed by atoms with van der Waals surface area (Å²) in [6, 6.07) is 12.1. The molecule has 1 aliphatic rings. The molecule has 21 heavy (non-hydrogen) atoms. The Morgan fingerprint density at radius 2 is 1.62 bits per heavy atom. The van der Waals surface area contributed by atoms with Gasteiger partial charge in [-0.15, -0.1) is 0 Å². The molecule has 0 bridgehead atoms. The summed E-state index contributed by atoms with van der Waals surface area (Å²) < 4.78 is 0. The van der Waals surface area contributed by atoms with Crippen LogP contribution in [0.25, 0.3) is 11.4 Å². The number of nitrogen functional groups attached to an aromatic ring is 1. The van der Waals surface area contributed by atoms with Crippen LogP contribution in [0.2, 0.25) is 0 Å². The van der Waals surface area contributed by atoms with E-state index in [0.717, 1.165) is 11.4 Å². The fourth-order valence-corrected chi connectivity index (χ4v) is 2.96. The first-order valence-corrected chi connectivity index (χ1v) is 7.29. The van der Waals surface area contributed by atoms with Crippen molar-refractivity contribution in [3.63, 3.8) is 0 Å². The van der Waals surface area contributed by atoms with Crippen LogP contribution < -0.4 is 11.1 Å². The number of anilines is 2. The van der Waals surface area contributed by atoms with Crippen LogP contribution in [0, 0.1) is 10.8 Å². The molecule has 110 valence electrons. The minimum atomic E-state index is 0.250. The first-order valence-electron chi connectivity index (χ1n) is 7.29. The van der Waals surface area contributed by atoms with Crippen LogP contribution in [0.1, 0.15) is 27.7 Å². The Morgan fingerprint density at radius 3 is 2.19 bits per heavy atom. The number of rotatable bonds is 3. The molecule has 0 radical (unpaired) electrons. The maximum Gasteiger partial charge on any atom is 0.163 e. The van der Waals surface area contributed by atoms with E-state index in [-0.39, 0.29) is 10.8 Å². The Bertz CT molecular complexity index is 648. The molecule has 1 fully saturated rings. The molecule has 3 rings (SSSR count). The summed E-state index contributed by atoms with van der Waals surface area (Å²) in [6.45, 7) is 9.08. The normalized spacial score (nSPS) is 19.2. The van der Waals surface area contributed by atoms with Crippen LogP contribution in [0.3, 0.4) is 0 Å². The topological polar surface area (TPSA) is 63.8 Å². The molecule has 4 nitrogen and oxygen atoms in total. The van der Waals surface area contributed by atoms with Gasteiger partial charge in [-0.1, -0.05) is 58.0 Å². The van der Waals surface area contributed by atoms with Crippen molar-refractivity contribution in [3.8, 4) is 11.4 Å². The number of aromatic nitrogens is 2. The fourth-order valence-electron chi connectivity index (χ4n) is 2.96. The highest BCUT2D eigenvalue weighted by molar-refractivity contribution is 5.60. The zero-order chi connectivity index (χ0) is 15.3. The van der Waals surface area contributed by atoms with Crippen molar-refractivity contribution in [2.45, 2.75) is 33.7 Å². The van der Waals surface area contributed by atoms with Gasteiger partial charge in [0.15, 0.2) is 5.82 Å². The van der Waals surface area contributed by atoms with Crippen LogP contribution >= 0.6 is 0 Å². The monoisotopic (exact) mass is 282 g/mol. The molecule has 0 unspecified atom stereocenters. The number of benzene rings is 1. The predicted molar refractivity (Wildman–Crippen MR) is 86.9 cm³/mol. The molecular formula is C17H22N4. The molecule has 2 aromatic rings. The summed E-state index contributed by atoms with van der Waals surface area (Å²) in [5.41, 5.74) is 7.41. The Hall–Kier alpha value is -2.10. The molecule has 4 heteroatoms. The van der Waals surface area contributed by atoms with Gasteiger partial charge in [0, 0.05) is 17.7 Å². The number of nitrogens with zero attached hydrogens (tertiary/aromatic N) is 2. The lowest BCUT2D eigenvalue weighted by Gasteiger charge is -2.10. The van der Waals surface area contributed by atoms with Crippen LogP contribution in [0.15, 0.2) is 36.4 Å². The fraction of sp³-hybridized carbons (Fsp3) is 0.412. The molecule has 1 saturated carbocycles. The molecule has 0 amide bonds. The first kappa shape index (κ1) is 13.9. The van der Waals surface area contributed by atoms with E-state index in [2.05, 4.69) is 43.0 Å². The van der Waals surface area contributed by atoms with E-state index in [1.807, 2.05) is 30.3 Å². The molecule has 0 saturated heterocycles. The van der Waals surface area contributed by atoms with Crippen LogP contribution in [0.4, 0.5) is 11.6 Å². The lowest BCUT2D eigenvalue weighted by Crippen LogP contribution is -2.12. The van der Waals surface area contributed by atoms with Crippen molar-refractivity contribution in [1.29, 1.82) is 0 Å². The summed E-state index contributed by atoms with van der Waals surface area (Å²) in [5.74, 6) is 1.95. The molecule has 0 atom stereocenters. The van der Waals surface area contributed by atoms with Gasteiger partial charge in [0.25, 0.3) is 0 Å². The van der Waals surface area contributed by atoms with Crippen molar-refractivity contribution >= 4 is 11.6 Å². The molecule has 0 aliphatic heterocycles. The lowest BCUT2D eigenvalue weighted by atomic mass is 10.0. The van der Waals surface area contributed by atoms with Crippen molar-refractivity contribution in [3.05, 3.63) is 36.4 Å². The van der Waals surface area contributed by atoms with Gasteiger partial charge in [-0.25, -0.2) is 9.97 Å². The maximum absolute atomic E-state index is 5.94. The second-order valence-electron chi connectivity index (χ2n) is 6.89. The smallest absolute Gasteiger partial charge is 0.163 e. The second-order valence-corrected chi connectivity index (χ2v) is 6.89. The van der Waals surface area contributed by atoms with Crippen LogP contribution in [0.5, 0.6) is 0 Å². The number of nitrogens with two attached hydrogens (primary N) is 1. The summed E-state index contributed by atoms with van der Waals surface area (Å²) in [6.07, 6.45) is 0. The largest absolute Gasteiger partial charge is 0.384 e. The van der Waals surface area contributed by atoms with E-state index in [4.69, 9.17) is 5.73 Å². The van der Waals surface area contributed by atoms with Gasteiger partial charge in [-0.3, -0.25) is 0 Å². The average molecular weight is 282 g/mol. The van der Waals surface area contributed by atoms with Gasteiger partial charge in [0.05, 0.1) is 0 Å². The number of nitrogens with one attached hydrogen (secondary N) is 1. The molecule has 1 aliphatic carbocycles. The van der Waals surface area contributed by atoms with E-state index in [1.54, 1.807) is 6.07 Å². The van der Waals surface area contributed by atoms with Gasteiger partial charge < -0.3 is 11.1 Å². The summed E-state index contributed by atoms with van der Waals surface area (Å²) in [5, 5.41) is 3.52. The Labute approximate surface area is 125 Å². The maximum atomic E-state index is 5.94. The minimum Gasteiger partial charge on any atom is -0.384 e. The zero-order valence-electron chi connectivity index (χ0n) is 13.0. The zero-order valence-corrected chi connectivity index (χ0v) is 13.0. The van der Waals surface area contributed by atoms with Crippen molar-refractivity contribution < 1.29 is 0 Å². The van der Waals surface area contributed by atoms with Gasteiger partial charge in [0.2, 0.25) is 0 Å². The molecule has 3 N–H and O–H groups in total. The van der Waals surface area contributed by atoms with Gasteiger partial charge in [0.1, 0.15) is 11.6 Å². The molecule has 0 spiro atoms. The Balaban J connectivity index is 1.90. The molecular weight excluding hydrogens is 260 g/mol. The molecule has 1 heterocycles. The predicted octanol–water partition coefficient (Wildman–Crippen LogP) is 3.57. The minimum absolute atomic E-state index is 0.250. The van der Waals surface area contributed by atoms with E-state index < -0.39 is 0 Å². The van der Waals surface area contributed by atoms with Crippen molar-refractivity contribution in [1.82, 2.24) is 9.97 Å². The third-order valence-electron chi connectivity index (χ3n) is 5.09. The average Bonchev–Trinajstić information content (AvgIpc) is 2.82. The van der Waals surface area contributed by atoms with Crippen molar-refractivity contribution in [2.24, 2.45) is 10.8 Å². The van der Waals surface area contributed by atoms with E-state index >= 15 is 0 Å². The standard InChI is InChI=1S/C17H22N4/c1-16(2)15(17(16,3)4)21-13-10-12(18)19-14(20-13)11-8-6-5-7-9-11/h5-10,15H,1-4H3,(H3,18,19,20,21). The summed E-state index contributed by atoms with van der Waals surface area (Å²) in [7, 11) is 0. The van der Waals surface area contributed by atoms with Crippen LogP contribution in [-0.4, -0.2) is 16.0 Å². The highest BCUT2D eigenvalue weighted by Crippen LogP contribution is 2.63. The van der Waals surface area contributed by atoms with Gasteiger partial charge in [-0.2, -0.15) is 0 Å². The van der Waals surface area contributed by atoms with E-state index in [9.17, 15) is 0 Å². The lowest BCUT2D eigenvalue weighted by molar-refractivity contribution is 0.457. The summed E-state index contributed by atoms with van der Waals surface area (Å²) >= 11 is 0. The van der Waals surface area contributed by atoms with E-state index in [0.29, 0.717) is 17.7 Å². The number of hydrogen-bond acceptors (Lipinski definition) is 4. The second kappa shape index (κ2) is 4.45. The van der Waals surface area contributed by atoms with Crippen molar-refractivity contribution in [2.75, 3.05) is 11.1 Å².